The van der Waals surface area contributed by atoms with Crippen molar-refractivity contribution in [1.29, 1.82) is 0 Å². The first-order chi connectivity index (χ1) is 25.1. The Morgan fingerprint density at radius 1 is 0.755 bits per heavy atom. The Labute approximate surface area is 317 Å². The third kappa shape index (κ3) is 10.3. The summed E-state index contributed by atoms with van der Waals surface area (Å²) in [6.07, 6.45) is 5.48. The molecule has 0 bridgehead atoms. The molecule has 1 atom stereocenters. The van der Waals surface area contributed by atoms with E-state index in [1.165, 1.54) is 25.5 Å². The number of ether oxygens (including phenoxy) is 3. The zero-order valence-electron chi connectivity index (χ0n) is 33.2. The molecule has 0 saturated carbocycles. The second kappa shape index (κ2) is 17.9. The Kier molecular flexibility index (Phi) is 13.9. The topological polar surface area (TPSA) is 97.6 Å². The van der Waals surface area contributed by atoms with E-state index >= 15 is 0 Å². The highest BCUT2D eigenvalue weighted by atomic mass is 16.5. The smallest absolute Gasteiger partial charge is 0.337 e. The van der Waals surface area contributed by atoms with Crippen LogP contribution in [-0.4, -0.2) is 48.8 Å². The molecule has 7 heteroatoms. The van der Waals surface area contributed by atoms with Gasteiger partial charge in [-0.05, 0) is 89.2 Å². The molecule has 0 spiro atoms. The van der Waals surface area contributed by atoms with Crippen molar-refractivity contribution in [2.45, 2.75) is 110 Å². The summed E-state index contributed by atoms with van der Waals surface area (Å²) in [6.45, 7) is 18.1. The number of hydrogen-bond donors (Lipinski definition) is 2. The summed E-state index contributed by atoms with van der Waals surface area (Å²) in [5.41, 5.74) is 2.47. The molecule has 0 fully saturated rings. The third-order valence-electron chi connectivity index (χ3n) is 9.62. The highest BCUT2D eigenvalue weighted by Gasteiger charge is 2.45. The molecule has 0 aromatic heterocycles. The molecule has 0 radical (unpaired) electrons. The van der Waals surface area contributed by atoms with Crippen molar-refractivity contribution in [3.05, 3.63) is 124 Å². The van der Waals surface area contributed by atoms with E-state index in [1.54, 1.807) is 6.07 Å². The van der Waals surface area contributed by atoms with Crippen LogP contribution in [0.2, 0.25) is 0 Å². The van der Waals surface area contributed by atoms with E-state index in [-0.39, 0.29) is 22.1 Å². The molecule has 0 aliphatic heterocycles. The zero-order chi connectivity index (χ0) is 38.8. The summed E-state index contributed by atoms with van der Waals surface area (Å²) in [4.78, 5) is 17.6. The highest BCUT2D eigenvalue weighted by Crippen LogP contribution is 2.47. The Balaban J connectivity index is 2.14. The second-order valence-corrected chi connectivity index (χ2v) is 15.8. The summed E-state index contributed by atoms with van der Waals surface area (Å²) >= 11 is 0. The van der Waals surface area contributed by atoms with Crippen LogP contribution in [0.25, 0.3) is 0 Å². The van der Waals surface area contributed by atoms with Crippen LogP contribution in [0.1, 0.15) is 125 Å². The van der Waals surface area contributed by atoms with Gasteiger partial charge < -0.3 is 24.4 Å². The SMILES string of the molecule is CCCCOc1ccc(C(C)(C)C)cc1C(O)(c1cc(C(C)(C)C)ccc1OCCCC)[C@@H](Cc1ccccc1)N=Cc1cc(C(=O)OC)ccc1O. The van der Waals surface area contributed by atoms with Crippen molar-refractivity contribution in [3.8, 4) is 17.2 Å². The zero-order valence-corrected chi connectivity index (χ0v) is 33.2. The van der Waals surface area contributed by atoms with Crippen LogP contribution in [0.15, 0.2) is 89.9 Å². The first-order valence-electron chi connectivity index (χ1n) is 18.9. The van der Waals surface area contributed by atoms with Gasteiger partial charge in [0.15, 0.2) is 0 Å². The highest BCUT2D eigenvalue weighted by molar-refractivity contribution is 5.93. The summed E-state index contributed by atoms with van der Waals surface area (Å²) in [7, 11) is 1.32. The fourth-order valence-electron chi connectivity index (χ4n) is 6.22. The molecule has 53 heavy (non-hydrogen) atoms. The maximum atomic E-state index is 14.0. The number of rotatable bonds is 16. The molecular formula is C46H59NO6. The van der Waals surface area contributed by atoms with Crippen LogP contribution in [0.5, 0.6) is 17.2 Å². The molecule has 4 rings (SSSR count). The molecule has 0 unspecified atom stereocenters. The third-order valence-corrected chi connectivity index (χ3v) is 9.62. The van der Waals surface area contributed by atoms with Gasteiger partial charge in [0.1, 0.15) is 22.8 Å². The van der Waals surface area contributed by atoms with Crippen molar-refractivity contribution in [1.82, 2.24) is 0 Å². The number of unbranched alkanes of at least 4 members (excludes halogenated alkanes) is 2. The van der Waals surface area contributed by atoms with Crippen LogP contribution >= 0.6 is 0 Å². The van der Waals surface area contributed by atoms with Crippen molar-refractivity contribution >= 4 is 12.2 Å². The van der Waals surface area contributed by atoms with E-state index < -0.39 is 17.6 Å². The fourth-order valence-corrected chi connectivity index (χ4v) is 6.22. The Morgan fingerprint density at radius 2 is 1.28 bits per heavy atom. The quantitative estimate of drug-likeness (QED) is 0.0679. The number of phenols is 1. The summed E-state index contributed by atoms with van der Waals surface area (Å²) in [6, 6.07) is 25.8. The van der Waals surface area contributed by atoms with Crippen LogP contribution in [0.3, 0.4) is 0 Å². The van der Waals surface area contributed by atoms with Gasteiger partial charge >= 0.3 is 5.97 Å². The molecule has 0 aliphatic rings. The van der Waals surface area contributed by atoms with E-state index in [0.29, 0.717) is 47.8 Å². The van der Waals surface area contributed by atoms with Gasteiger partial charge in [-0.1, -0.05) is 111 Å². The number of methoxy groups -OCH3 is 1. The number of benzene rings is 4. The first kappa shape index (κ1) is 41.1. The van der Waals surface area contributed by atoms with E-state index in [0.717, 1.165) is 42.4 Å². The maximum absolute atomic E-state index is 14.0. The minimum absolute atomic E-state index is 0.0555. The summed E-state index contributed by atoms with van der Waals surface area (Å²) < 4.78 is 18.0. The standard InChI is InChI=1S/C46H59NO6/c1-10-12-25-52-40-23-20-35(44(3,4)5)29-37(40)46(50,38-30-36(45(6,7)8)21-24-41(38)53-26-13-11-2)42(27-32-17-15-14-16-18-32)47-31-34-28-33(43(49)51-9)19-22-39(34)48/h14-24,28-31,42,48,50H,10-13,25-27H2,1-9H3/t42-/m1/s1. The summed E-state index contributed by atoms with van der Waals surface area (Å²) in [5.74, 6) is 0.551. The molecule has 0 heterocycles. The van der Waals surface area contributed by atoms with Crippen LogP contribution in [0.4, 0.5) is 0 Å². The molecule has 7 nitrogen and oxygen atoms in total. The molecule has 2 N–H and O–H groups in total. The summed E-state index contributed by atoms with van der Waals surface area (Å²) in [5, 5.41) is 25.0. The van der Waals surface area contributed by atoms with E-state index in [4.69, 9.17) is 19.2 Å². The number of aliphatic hydroxyl groups is 1. The fraction of sp³-hybridized carbons (Fsp3) is 0.435. The minimum atomic E-state index is -1.81. The van der Waals surface area contributed by atoms with Crippen LogP contribution in [-0.2, 0) is 27.6 Å². The van der Waals surface area contributed by atoms with Gasteiger partial charge in [-0.15, -0.1) is 0 Å². The normalized spacial score (nSPS) is 12.9. The van der Waals surface area contributed by atoms with Gasteiger partial charge in [0.2, 0.25) is 0 Å². The van der Waals surface area contributed by atoms with Gasteiger partial charge in [0.05, 0.1) is 31.9 Å². The van der Waals surface area contributed by atoms with Crippen molar-refractivity contribution < 1.29 is 29.2 Å². The molecule has 0 saturated heterocycles. The van der Waals surface area contributed by atoms with Gasteiger partial charge in [-0.2, -0.15) is 0 Å². The Hall–Kier alpha value is -4.62. The number of aliphatic imine (C=N–C) groups is 1. The Bertz CT molecular complexity index is 1760. The molecule has 0 aliphatic carbocycles. The molecular weight excluding hydrogens is 663 g/mol. The minimum Gasteiger partial charge on any atom is -0.507 e. The van der Waals surface area contributed by atoms with Crippen molar-refractivity contribution in [3.63, 3.8) is 0 Å². The lowest BCUT2D eigenvalue weighted by molar-refractivity contribution is 0.0460. The predicted molar refractivity (Wildman–Crippen MR) is 215 cm³/mol. The molecule has 4 aromatic rings. The number of phenolic OH excluding ortho intramolecular Hbond substituents is 1. The van der Waals surface area contributed by atoms with E-state index in [1.807, 2.05) is 42.5 Å². The lowest BCUT2D eigenvalue weighted by Crippen LogP contribution is -2.42. The number of carbonyl (C=O) groups excluding carboxylic acids is 1. The number of esters is 1. The molecule has 284 valence electrons. The number of hydrogen-bond acceptors (Lipinski definition) is 7. The number of aromatic hydroxyl groups is 1. The predicted octanol–water partition coefficient (Wildman–Crippen LogP) is 10.1. The van der Waals surface area contributed by atoms with Crippen LogP contribution < -0.4 is 9.47 Å². The number of nitrogens with zero attached hydrogens (tertiary/aromatic N) is 1. The second-order valence-electron chi connectivity index (χ2n) is 15.8. The lowest BCUT2D eigenvalue weighted by atomic mass is 9.73. The Morgan fingerprint density at radius 3 is 1.75 bits per heavy atom. The lowest BCUT2D eigenvalue weighted by Gasteiger charge is -2.39. The average Bonchev–Trinajstić information content (AvgIpc) is 3.13. The average molecular weight is 722 g/mol. The van der Waals surface area contributed by atoms with E-state index in [9.17, 15) is 15.0 Å². The van der Waals surface area contributed by atoms with Gasteiger partial charge in [0.25, 0.3) is 0 Å². The van der Waals surface area contributed by atoms with Gasteiger partial charge in [-0.25, -0.2) is 4.79 Å². The van der Waals surface area contributed by atoms with Crippen molar-refractivity contribution in [2.24, 2.45) is 4.99 Å². The van der Waals surface area contributed by atoms with Gasteiger partial charge in [0, 0.05) is 22.9 Å². The molecule has 0 amide bonds. The first-order valence-corrected chi connectivity index (χ1v) is 18.9. The number of carbonyl (C=O) groups is 1. The monoisotopic (exact) mass is 721 g/mol. The van der Waals surface area contributed by atoms with Crippen molar-refractivity contribution in [2.75, 3.05) is 20.3 Å². The maximum Gasteiger partial charge on any atom is 0.337 e. The van der Waals surface area contributed by atoms with Gasteiger partial charge in [-0.3, -0.25) is 4.99 Å². The van der Waals surface area contributed by atoms with E-state index in [2.05, 4.69) is 79.7 Å². The molecule has 4 aromatic carbocycles. The largest absolute Gasteiger partial charge is 0.507 e. The van der Waals surface area contributed by atoms with Crippen LogP contribution in [0, 0.1) is 0 Å².